The van der Waals surface area contributed by atoms with E-state index in [0.717, 1.165) is 19.5 Å². The number of hydrogen-bond donors (Lipinski definition) is 1. The van der Waals surface area contributed by atoms with Gasteiger partial charge in [0.05, 0.1) is 5.84 Å². The molecule has 0 radical (unpaired) electrons. The molecule has 2 rings (SSSR count). The summed E-state index contributed by atoms with van der Waals surface area (Å²) in [6, 6.07) is 0. The van der Waals surface area contributed by atoms with Gasteiger partial charge < -0.3 is 10.2 Å². The molecule has 14 heavy (non-hydrogen) atoms. The van der Waals surface area contributed by atoms with Gasteiger partial charge in [-0.25, -0.2) is 0 Å². The van der Waals surface area contributed by atoms with Crippen molar-refractivity contribution in [1.29, 1.82) is 0 Å². The second kappa shape index (κ2) is 5.35. The molecule has 3 heteroatoms. The van der Waals surface area contributed by atoms with Crippen LogP contribution in [-0.2, 0) is 0 Å². The molecule has 0 aromatic carbocycles. The van der Waals surface area contributed by atoms with Crippen molar-refractivity contribution in [2.75, 3.05) is 32.7 Å². The first-order valence-electron chi connectivity index (χ1n) is 5.95. The summed E-state index contributed by atoms with van der Waals surface area (Å²) in [5, 5.41) is 3.38. The molecule has 1 fully saturated rings. The standard InChI is InChI=1S/C11H21N3/c1-2-8-14(9-3-1)10-5-11-12-6-4-7-13-11/h1-10H2,(H,12,13). The van der Waals surface area contributed by atoms with E-state index in [2.05, 4.69) is 15.2 Å². The lowest BCUT2D eigenvalue weighted by molar-refractivity contribution is 0.234. The number of rotatable bonds is 3. The zero-order chi connectivity index (χ0) is 9.64. The number of nitrogens with zero attached hydrogens (tertiary/aromatic N) is 2. The predicted octanol–water partition coefficient (Wildman–Crippen LogP) is 1.25. The van der Waals surface area contributed by atoms with Gasteiger partial charge in [-0.3, -0.25) is 4.99 Å². The smallest absolute Gasteiger partial charge is 0.0975 e. The van der Waals surface area contributed by atoms with Crippen LogP contribution in [0, 0.1) is 0 Å². The van der Waals surface area contributed by atoms with Crippen LogP contribution in [0.1, 0.15) is 32.1 Å². The largest absolute Gasteiger partial charge is 0.374 e. The molecule has 0 amide bonds. The number of likely N-dealkylation sites (tertiary alicyclic amines) is 1. The second-order valence-corrected chi connectivity index (χ2v) is 4.26. The molecule has 0 spiro atoms. The van der Waals surface area contributed by atoms with Crippen LogP contribution < -0.4 is 5.32 Å². The van der Waals surface area contributed by atoms with Crippen LogP contribution >= 0.6 is 0 Å². The summed E-state index contributed by atoms with van der Waals surface area (Å²) in [5.74, 6) is 1.24. The number of hydrogen-bond acceptors (Lipinski definition) is 3. The topological polar surface area (TPSA) is 27.6 Å². The minimum absolute atomic E-state index is 1.03. The third kappa shape index (κ3) is 2.98. The molecule has 0 saturated carbocycles. The van der Waals surface area contributed by atoms with Crippen molar-refractivity contribution in [3.05, 3.63) is 0 Å². The maximum Gasteiger partial charge on any atom is 0.0975 e. The molecular formula is C11H21N3. The minimum Gasteiger partial charge on any atom is -0.374 e. The van der Waals surface area contributed by atoms with Gasteiger partial charge in [0.15, 0.2) is 0 Å². The zero-order valence-corrected chi connectivity index (χ0v) is 8.97. The monoisotopic (exact) mass is 195 g/mol. The molecule has 0 bridgehead atoms. The van der Waals surface area contributed by atoms with Gasteiger partial charge in [-0.05, 0) is 32.4 Å². The molecular weight excluding hydrogens is 174 g/mol. The van der Waals surface area contributed by atoms with Crippen LogP contribution in [0.3, 0.4) is 0 Å². The molecule has 0 aromatic rings. The van der Waals surface area contributed by atoms with Crippen molar-refractivity contribution in [2.24, 2.45) is 4.99 Å². The molecule has 1 N–H and O–H groups in total. The lowest BCUT2D eigenvalue weighted by Gasteiger charge is -2.27. The zero-order valence-electron chi connectivity index (χ0n) is 8.97. The van der Waals surface area contributed by atoms with E-state index in [1.165, 1.54) is 51.2 Å². The second-order valence-electron chi connectivity index (χ2n) is 4.26. The SMILES string of the molecule is C1CCN(CCC2=NCCCN2)CC1. The normalized spacial score (nSPS) is 24.1. The number of nitrogens with one attached hydrogen (secondary N) is 1. The number of amidine groups is 1. The Morgan fingerprint density at radius 2 is 2.00 bits per heavy atom. The van der Waals surface area contributed by atoms with Gasteiger partial charge in [0, 0.05) is 26.1 Å². The average Bonchev–Trinajstić information content (AvgIpc) is 2.29. The van der Waals surface area contributed by atoms with E-state index >= 15 is 0 Å². The van der Waals surface area contributed by atoms with Crippen LogP contribution in [0.5, 0.6) is 0 Å². The van der Waals surface area contributed by atoms with E-state index in [9.17, 15) is 0 Å². The van der Waals surface area contributed by atoms with Gasteiger partial charge >= 0.3 is 0 Å². The van der Waals surface area contributed by atoms with Crippen molar-refractivity contribution in [1.82, 2.24) is 10.2 Å². The summed E-state index contributed by atoms with van der Waals surface area (Å²) < 4.78 is 0. The van der Waals surface area contributed by atoms with Crippen molar-refractivity contribution in [3.8, 4) is 0 Å². The first-order chi connectivity index (χ1) is 6.95. The van der Waals surface area contributed by atoms with Crippen LogP contribution in [0.25, 0.3) is 0 Å². The van der Waals surface area contributed by atoms with Crippen molar-refractivity contribution < 1.29 is 0 Å². The summed E-state index contributed by atoms with van der Waals surface area (Å²) >= 11 is 0. The fourth-order valence-electron chi connectivity index (χ4n) is 2.20. The Balaban J connectivity index is 1.67. The van der Waals surface area contributed by atoms with E-state index in [0.29, 0.717) is 0 Å². The Bertz CT molecular complexity index is 195. The molecule has 0 atom stereocenters. The Morgan fingerprint density at radius 3 is 2.71 bits per heavy atom. The Kier molecular flexibility index (Phi) is 3.80. The van der Waals surface area contributed by atoms with Gasteiger partial charge in [0.1, 0.15) is 0 Å². The molecule has 1 saturated heterocycles. The van der Waals surface area contributed by atoms with Crippen LogP contribution in [-0.4, -0.2) is 43.5 Å². The first-order valence-corrected chi connectivity index (χ1v) is 5.95. The highest BCUT2D eigenvalue weighted by atomic mass is 15.1. The van der Waals surface area contributed by atoms with Gasteiger partial charge in [-0.1, -0.05) is 6.42 Å². The van der Waals surface area contributed by atoms with Gasteiger partial charge in [-0.15, -0.1) is 0 Å². The van der Waals surface area contributed by atoms with E-state index in [4.69, 9.17) is 0 Å². The van der Waals surface area contributed by atoms with E-state index in [1.54, 1.807) is 0 Å². The predicted molar refractivity (Wildman–Crippen MR) is 59.8 cm³/mol. The first kappa shape index (κ1) is 9.97. The summed E-state index contributed by atoms with van der Waals surface area (Å²) in [5.41, 5.74) is 0. The molecule has 0 unspecified atom stereocenters. The summed E-state index contributed by atoms with van der Waals surface area (Å²) in [6.07, 6.45) is 6.53. The van der Waals surface area contributed by atoms with Gasteiger partial charge in [-0.2, -0.15) is 0 Å². The molecule has 80 valence electrons. The van der Waals surface area contributed by atoms with Crippen LogP contribution in [0.4, 0.5) is 0 Å². The molecule has 2 aliphatic rings. The Morgan fingerprint density at radius 1 is 1.14 bits per heavy atom. The van der Waals surface area contributed by atoms with E-state index < -0.39 is 0 Å². The lowest BCUT2D eigenvalue weighted by Crippen LogP contribution is -2.36. The molecule has 0 aliphatic carbocycles. The van der Waals surface area contributed by atoms with Crippen LogP contribution in [0.15, 0.2) is 4.99 Å². The van der Waals surface area contributed by atoms with Crippen molar-refractivity contribution in [2.45, 2.75) is 32.1 Å². The highest BCUT2D eigenvalue weighted by Gasteiger charge is 2.11. The average molecular weight is 195 g/mol. The highest BCUT2D eigenvalue weighted by Crippen LogP contribution is 2.09. The number of aliphatic imine (C=N–C) groups is 1. The van der Waals surface area contributed by atoms with Crippen molar-refractivity contribution >= 4 is 5.84 Å². The van der Waals surface area contributed by atoms with E-state index in [-0.39, 0.29) is 0 Å². The third-order valence-corrected chi connectivity index (χ3v) is 3.08. The minimum atomic E-state index is 1.03. The summed E-state index contributed by atoms with van der Waals surface area (Å²) in [7, 11) is 0. The van der Waals surface area contributed by atoms with Gasteiger partial charge in [0.25, 0.3) is 0 Å². The molecule has 3 nitrogen and oxygen atoms in total. The summed E-state index contributed by atoms with van der Waals surface area (Å²) in [4.78, 5) is 7.06. The third-order valence-electron chi connectivity index (χ3n) is 3.08. The fraction of sp³-hybridized carbons (Fsp3) is 0.909. The van der Waals surface area contributed by atoms with Crippen molar-refractivity contribution in [3.63, 3.8) is 0 Å². The Labute approximate surface area is 86.6 Å². The number of piperidine rings is 1. The fourth-order valence-corrected chi connectivity index (χ4v) is 2.20. The Hall–Kier alpha value is -0.570. The molecule has 2 heterocycles. The summed E-state index contributed by atoms with van der Waals surface area (Å²) in [6.45, 7) is 5.95. The quantitative estimate of drug-likeness (QED) is 0.734. The highest BCUT2D eigenvalue weighted by molar-refractivity contribution is 5.82. The molecule has 2 aliphatic heterocycles. The maximum absolute atomic E-state index is 4.49. The molecule has 0 aromatic heterocycles. The van der Waals surface area contributed by atoms with Crippen LogP contribution in [0.2, 0.25) is 0 Å². The van der Waals surface area contributed by atoms with Gasteiger partial charge in [0.2, 0.25) is 0 Å². The maximum atomic E-state index is 4.49. The lowest BCUT2D eigenvalue weighted by atomic mass is 10.1. The van der Waals surface area contributed by atoms with E-state index in [1.807, 2.05) is 0 Å².